The third-order valence-electron chi connectivity index (χ3n) is 5.05. The van der Waals surface area contributed by atoms with E-state index in [1.54, 1.807) is 30.6 Å². The summed E-state index contributed by atoms with van der Waals surface area (Å²) in [6, 6.07) is 13.6. The second-order valence-corrected chi connectivity index (χ2v) is 8.00. The predicted octanol–water partition coefficient (Wildman–Crippen LogP) is 4.31. The maximum atomic E-state index is 13.1. The molecule has 0 atom stereocenters. The molecule has 2 amide bonds. The standard InChI is InChI=1S/C22H23FN4O2S/c1-29-19-8-6-18(7-9-19)24-22(28)27-12-10-26(11-13-27)14-21-25-20(15-30-21)16-2-4-17(23)5-3-16/h2-9,15H,10-14H2,1H3,(H,24,28). The highest BCUT2D eigenvalue weighted by Crippen LogP contribution is 2.23. The van der Waals surface area contributed by atoms with Crippen LogP contribution in [0.15, 0.2) is 53.9 Å². The Morgan fingerprint density at radius 3 is 2.47 bits per heavy atom. The van der Waals surface area contributed by atoms with E-state index in [1.165, 1.54) is 12.1 Å². The fourth-order valence-corrected chi connectivity index (χ4v) is 4.16. The summed E-state index contributed by atoms with van der Waals surface area (Å²) in [5, 5.41) is 5.95. The molecule has 0 spiro atoms. The molecule has 1 saturated heterocycles. The molecule has 2 aromatic carbocycles. The highest BCUT2D eigenvalue weighted by Gasteiger charge is 2.22. The molecule has 0 saturated carbocycles. The Morgan fingerprint density at radius 2 is 1.80 bits per heavy atom. The van der Waals surface area contributed by atoms with Crippen molar-refractivity contribution < 1.29 is 13.9 Å². The fraction of sp³-hybridized carbons (Fsp3) is 0.273. The van der Waals surface area contributed by atoms with Crippen LogP contribution in [-0.4, -0.2) is 54.1 Å². The lowest BCUT2D eigenvalue weighted by Gasteiger charge is -2.34. The van der Waals surface area contributed by atoms with Gasteiger partial charge in [-0.15, -0.1) is 11.3 Å². The maximum Gasteiger partial charge on any atom is 0.321 e. The summed E-state index contributed by atoms with van der Waals surface area (Å²) in [7, 11) is 1.61. The number of anilines is 1. The van der Waals surface area contributed by atoms with Gasteiger partial charge < -0.3 is 15.0 Å². The Morgan fingerprint density at radius 1 is 1.10 bits per heavy atom. The van der Waals surface area contributed by atoms with Crippen molar-refractivity contribution in [2.45, 2.75) is 6.54 Å². The van der Waals surface area contributed by atoms with Crippen molar-refractivity contribution in [3.8, 4) is 17.0 Å². The van der Waals surface area contributed by atoms with Gasteiger partial charge in [-0.1, -0.05) is 0 Å². The second-order valence-electron chi connectivity index (χ2n) is 7.06. The number of rotatable bonds is 5. The Labute approximate surface area is 178 Å². The molecule has 6 nitrogen and oxygen atoms in total. The lowest BCUT2D eigenvalue weighted by molar-refractivity contribution is 0.143. The number of thiazole rings is 1. The van der Waals surface area contributed by atoms with Crippen LogP contribution in [0.4, 0.5) is 14.9 Å². The number of halogens is 1. The number of hydrogen-bond acceptors (Lipinski definition) is 5. The van der Waals surface area contributed by atoms with Gasteiger partial charge in [-0.05, 0) is 48.5 Å². The van der Waals surface area contributed by atoms with Crippen LogP contribution < -0.4 is 10.1 Å². The van der Waals surface area contributed by atoms with E-state index >= 15 is 0 Å². The number of nitrogens with one attached hydrogen (secondary N) is 1. The summed E-state index contributed by atoms with van der Waals surface area (Å²) in [5.41, 5.74) is 2.53. The smallest absolute Gasteiger partial charge is 0.321 e. The minimum absolute atomic E-state index is 0.0901. The van der Waals surface area contributed by atoms with Gasteiger partial charge in [0.1, 0.15) is 16.6 Å². The number of amides is 2. The number of piperazine rings is 1. The normalized spacial score (nSPS) is 14.5. The molecule has 30 heavy (non-hydrogen) atoms. The zero-order chi connectivity index (χ0) is 20.9. The Balaban J connectivity index is 1.27. The van der Waals surface area contributed by atoms with Crippen LogP contribution >= 0.6 is 11.3 Å². The SMILES string of the molecule is COc1ccc(NC(=O)N2CCN(Cc3nc(-c4ccc(F)cc4)cs3)CC2)cc1. The number of carbonyl (C=O) groups excluding carboxylic acids is 1. The third-order valence-corrected chi connectivity index (χ3v) is 5.88. The maximum absolute atomic E-state index is 13.1. The van der Waals surface area contributed by atoms with Crippen LogP contribution in [0.3, 0.4) is 0 Å². The van der Waals surface area contributed by atoms with Gasteiger partial charge in [0.05, 0.1) is 19.3 Å². The molecule has 0 bridgehead atoms. The van der Waals surface area contributed by atoms with Crippen molar-refractivity contribution in [2.75, 3.05) is 38.6 Å². The molecule has 1 fully saturated rings. The van der Waals surface area contributed by atoms with E-state index in [4.69, 9.17) is 4.74 Å². The zero-order valence-corrected chi connectivity index (χ0v) is 17.5. The highest BCUT2D eigenvalue weighted by atomic mass is 32.1. The summed E-state index contributed by atoms with van der Waals surface area (Å²) in [6.45, 7) is 3.67. The first kappa shape index (κ1) is 20.3. The molecule has 1 aliphatic rings. The zero-order valence-electron chi connectivity index (χ0n) is 16.7. The summed E-state index contributed by atoms with van der Waals surface area (Å²) in [4.78, 5) is 21.3. The van der Waals surface area contributed by atoms with Gasteiger partial charge in [-0.3, -0.25) is 4.90 Å². The van der Waals surface area contributed by atoms with E-state index in [-0.39, 0.29) is 11.8 Å². The summed E-state index contributed by atoms with van der Waals surface area (Å²) in [5.74, 6) is 0.509. The number of aromatic nitrogens is 1. The van der Waals surface area contributed by atoms with Gasteiger partial charge in [-0.2, -0.15) is 0 Å². The van der Waals surface area contributed by atoms with Gasteiger partial charge >= 0.3 is 6.03 Å². The van der Waals surface area contributed by atoms with E-state index in [0.29, 0.717) is 13.1 Å². The Kier molecular flexibility index (Phi) is 6.25. The van der Waals surface area contributed by atoms with Crippen molar-refractivity contribution in [2.24, 2.45) is 0 Å². The van der Waals surface area contributed by atoms with E-state index in [0.717, 1.165) is 47.3 Å². The molecule has 0 radical (unpaired) electrons. The minimum Gasteiger partial charge on any atom is -0.497 e. The second kappa shape index (κ2) is 9.23. The van der Waals surface area contributed by atoms with Gasteiger partial charge in [-0.25, -0.2) is 14.2 Å². The predicted molar refractivity (Wildman–Crippen MR) is 116 cm³/mol. The first-order valence-electron chi connectivity index (χ1n) is 9.73. The van der Waals surface area contributed by atoms with Crippen LogP contribution in [-0.2, 0) is 6.54 Å². The number of methoxy groups -OCH3 is 1. The molecule has 0 unspecified atom stereocenters. The molecule has 156 valence electrons. The van der Waals surface area contributed by atoms with Gasteiger partial charge in [0.2, 0.25) is 0 Å². The molecule has 1 N–H and O–H groups in total. The number of nitrogens with zero attached hydrogens (tertiary/aromatic N) is 3. The van der Waals surface area contributed by atoms with Crippen molar-refractivity contribution in [1.82, 2.24) is 14.8 Å². The van der Waals surface area contributed by atoms with Gasteiger partial charge in [0.15, 0.2) is 0 Å². The third kappa shape index (κ3) is 4.95. The van der Waals surface area contributed by atoms with Crippen LogP contribution in [0.5, 0.6) is 5.75 Å². The first-order chi connectivity index (χ1) is 14.6. The number of ether oxygens (including phenoxy) is 1. The van der Waals surface area contributed by atoms with Crippen molar-refractivity contribution >= 4 is 23.1 Å². The summed E-state index contributed by atoms with van der Waals surface area (Å²) >= 11 is 1.60. The molecule has 0 aliphatic carbocycles. The van der Waals surface area contributed by atoms with Crippen LogP contribution in [0.2, 0.25) is 0 Å². The van der Waals surface area contributed by atoms with E-state index < -0.39 is 0 Å². The number of hydrogen-bond donors (Lipinski definition) is 1. The average Bonchev–Trinajstić information content (AvgIpc) is 3.23. The number of benzene rings is 2. The highest BCUT2D eigenvalue weighted by molar-refractivity contribution is 7.09. The van der Waals surface area contributed by atoms with Crippen LogP contribution in [0, 0.1) is 5.82 Å². The largest absolute Gasteiger partial charge is 0.497 e. The lowest BCUT2D eigenvalue weighted by Crippen LogP contribution is -2.49. The van der Waals surface area contributed by atoms with Crippen molar-refractivity contribution in [3.63, 3.8) is 0 Å². The fourth-order valence-electron chi connectivity index (χ4n) is 3.31. The topological polar surface area (TPSA) is 57.7 Å². The quantitative estimate of drug-likeness (QED) is 0.661. The monoisotopic (exact) mass is 426 g/mol. The molecule has 4 rings (SSSR count). The molecular formula is C22H23FN4O2S. The first-order valence-corrected chi connectivity index (χ1v) is 10.6. The number of carbonyl (C=O) groups is 1. The Bertz CT molecular complexity index is 983. The van der Waals surface area contributed by atoms with Crippen molar-refractivity contribution in [1.29, 1.82) is 0 Å². The van der Waals surface area contributed by atoms with E-state index in [9.17, 15) is 9.18 Å². The average molecular weight is 427 g/mol. The number of urea groups is 1. The summed E-state index contributed by atoms with van der Waals surface area (Å²) < 4.78 is 18.2. The van der Waals surface area contributed by atoms with Gasteiger partial charge in [0, 0.05) is 42.8 Å². The van der Waals surface area contributed by atoms with Gasteiger partial charge in [0.25, 0.3) is 0 Å². The van der Waals surface area contributed by atoms with Crippen LogP contribution in [0.1, 0.15) is 5.01 Å². The van der Waals surface area contributed by atoms with E-state index in [2.05, 4.69) is 15.2 Å². The molecule has 1 aromatic heterocycles. The van der Waals surface area contributed by atoms with E-state index in [1.807, 2.05) is 34.5 Å². The Hall–Kier alpha value is -2.97. The molecule has 2 heterocycles. The molecule has 3 aromatic rings. The molecule has 1 aliphatic heterocycles. The molecule has 8 heteroatoms. The van der Waals surface area contributed by atoms with Crippen LogP contribution in [0.25, 0.3) is 11.3 Å². The molecular weight excluding hydrogens is 403 g/mol. The minimum atomic E-state index is -0.247. The lowest BCUT2D eigenvalue weighted by atomic mass is 10.2. The summed E-state index contributed by atoms with van der Waals surface area (Å²) in [6.07, 6.45) is 0. The van der Waals surface area contributed by atoms with Crippen molar-refractivity contribution in [3.05, 3.63) is 64.7 Å².